The summed E-state index contributed by atoms with van der Waals surface area (Å²) in [5.41, 5.74) is 1.05. The maximum absolute atomic E-state index is 2.46. The monoisotopic (exact) mass is 196 g/mol. The van der Waals surface area contributed by atoms with E-state index >= 15 is 0 Å². The number of hydrogen-bond acceptors (Lipinski definition) is 0. The molecule has 0 amide bonds. The summed E-state index contributed by atoms with van der Waals surface area (Å²) >= 11 is 0. The molecule has 0 bridgehead atoms. The van der Waals surface area contributed by atoms with Crippen LogP contribution in [0.5, 0.6) is 0 Å². The van der Waals surface area contributed by atoms with Gasteiger partial charge in [0.15, 0.2) is 0 Å². The minimum absolute atomic E-state index is 0.489. The molecule has 1 aliphatic carbocycles. The molecule has 14 heavy (non-hydrogen) atoms. The third kappa shape index (κ3) is 2.15. The average Bonchev–Trinajstić information content (AvgIpc) is 2.23. The first-order chi connectivity index (χ1) is 6.16. The molecule has 1 unspecified atom stereocenters. The van der Waals surface area contributed by atoms with Gasteiger partial charge >= 0.3 is 0 Å². The molecule has 1 aliphatic rings. The molecule has 0 aromatic heterocycles. The van der Waals surface area contributed by atoms with Crippen molar-refractivity contribution in [2.24, 2.45) is 28.6 Å². The number of hydrogen-bond donors (Lipinski definition) is 0. The Hall–Kier alpha value is 0. The van der Waals surface area contributed by atoms with Crippen LogP contribution in [0.2, 0.25) is 0 Å². The van der Waals surface area contributed by atoms with E-state index in [-0.39, 0.29) is 0 Å². The highest BCUT2D eigenvalue weighted by atomic mass is 14.5. The van der Waals surface area contributed by atoms with Crippen molar-refractivity contribution in [2.75, 3.05) is 0 Å². The van der Waals surface area contributed by atoms with E-state index < -0.39 is 0 Å². The van der Waals surface area contributed by atoms with Crippen LogP contribution in [0.3, 0.4) is 0 Å². The zero-order chi connectivity index (χ0) is 11.1. The Labute approximate surface area is 90.5 Å². The summed E-state index contributed by atoms with van der Waals surface area (Å²) in [7, 11) is 0. The average molecular weight is 196 g/mol. The first kappa shape index (κ1) is 12.1. The summed E-state index contributed by atoms with van der Waals surface area (Å²) in [6, 6.07) is 0. The molecular formula is C14H28. The normalized spacial score (nSPS) is 32.6. The van der Waals surface area contributed by atoms with Crippen LogP contribution in [0, 0.1) is 28.6 Å². The van der Waals surface area contributed by atoms with Crippen LogP contribution >= 0.6 is 0 Å². The highest BCUT2D eigenvalue weighted by Gasteiger charge is 2.47. The highest BCUT2D eigenvalue weighted by molar-refractivity contribution is 4.96. The third-order valence-corrected chi connectivity index (χ3v) is 4.27. The Morgan fingerprint density at radius 1 is 1.14 bits per heavy atom. The standard InChI is InChI=1S/C14H28/c1-10(2)12-11(13(3,4)5)8-9-14(12,6)7/h10-12H,8-9H2,1-7H3/t11-,12?/m0/s1. The first-order valence-electron chi connectivity index (χ1n) is 6.16. The van der Waals surface area contributed by atoms with E-state index in [4.69, 9.17) is 0 Å². The molecule has 0 aliphatic heterocycles. The van der Waals surface area contributed by atoms with E-state index in [0.29, 0.717) is 10.8 Å². The topological polar surface area (TPSA) is 0 Å². The largest absolute Gasteiger partial charge is 0.0625 e. The Kier molecular flexibility index (Phi) is 3.05. The Morgan fingerprint density at radius 3 is 1.93 bits per heavy atom. The van der Waals surface area contributed by atoms with Crippen molar-refractivity contribution in [1.29, 1.82) is 0 Å². The van der Waals surface area contributed by atoms with Gasteiger partial charge in [-0.05, 0) is 41.4 Å². The van der Waals surface area contributed by atoms with Crippen LogP contribution in [-0.4, -0.2) is 0 Å². The molecule has 84 valence electrons. The minimum atomic E-state index is 0.489. The van der Waals surface area contributed by atoms with E-state index in [0.717, 1.165) is 17.8 Å². The summed E-state index contributed by atoms with van der Waals surface area (Å²) < 4.78 is 0. The van der Waals surface area contributed by atoms with E-state index in [1.807, 2.05) is 0 Å². The molecule has 0 saturated heterocycles. The van der Waals surface area contributed by atoms with Crippen molar-refractivity contribution < 1.29 is 0 Å². The van der Waals surface area contributed by atoms with Crippen LogP contribution in [0.4, 0.5) is 0 Å². The SMILES string of the molecule is CC(C)C1[C@@H](C(C)(C)C)CCC1(C)C. The molecule has 1 saturated carbocycles. The van der Waals surface area contributed by atoms with E-state index in [1.165, 1.54) is 12.8 Å². The van der Waals surface area contributed by atoms with Crippen molar-refractivity contribution in [1.82, 2.24) is 0 Å². The summed E-state index contributed by atoms with van der Waals surface area (Å²) in [6.07, 6.45) is 2.84. The van der Waals surface area contributed by atoms with Crippen LogP contribution in [-0.2, 0) is 0 Å². The molecule has 0 N–H and O–H groups in total. The summed E-state index contributed by atoms with van der Waals surface area (Å²) in [6.45, 7) is 17.0. The molecule has 0 heterocycles. The van der Waals surface area contributed by atoms with Gasteiger partial charge in [-0.2, -0.15) is 0 Å². The second-order valence-electron chi connectivity index (χ2n) is 7.27. The molecule has 0 spiro atoms. The van der Waals surface area contributed by atoms with Gasteiger partial charge in [0.05, 0.1) is 0 Å². The molecule has 0 aromatic carbocycles. The Balaban J connectivity index is 2.90. The highest BCUT2D eigenvalue weighted by Crippen LogP contribution is 2.55. The lowest BCUT2D eigenvalue weighted by atomic mass is 9.65. The lowest BCUT2D eigenvalue weighted by molar-refractivity contribution is 0.0881. The van der Waals surface area contributed by atoms with Crippen molar-refractivity contribution in [3.63, 3.8) is 0 Å². The second-order valence-corrected chi connectivity index (χ2v) is 7.27. The summed E-state index contributed by atoms with van der Waals surface area (Å²) in [5, 5.41) is 0. The van der Waals surface area contributed by atoms with Gasteiger partial charge in [-0.25, -0.2) is 0 Å². The summed E-state index contributed by atoms with van der Waals surface area (Å²) in [5.74, 6) is 2.65. The molecule has 1 fully saturated rings. The van der Waals surface area contributed by atoms with E-state index in [2.05, 4.69) is 48.5 Å². The maximum atomic E-state index is 2.46. The minimum Gasteiger partial charge on any atom is -0.0625 e. The predicted molar refractivity (Wildman–Crippen MR) is 64.3 cm³/mol. The van der Waals surface area contributed by atoms with Crippen molar-refractivity contribution in [3.8, 4) is 0 Å². The smallest absolute Gasteiger partial charge is 0.0306 e. The van der Waals surface area contributed by atoms with Crippen LogP contribution in [0.25, 0.3) is 0 Å². The van der Waals surface area contributed by atoms with Gasteiger partial charge in [-0.15, -0.1) is 0 Å². The lowest BCUT2D eigenvalue weighted by Crippen LogP contribution is -2.33. The van der Waals surface area contributed by atoms with Crippen molar-refractivity contribution in [2.45, 2.75) is 61.3 Å². The van der Waals surface area contributed by atoms with Gasteiger partial charge in [0.2, 0.25) is 0 Å². The van der Waals surface area contributed by atoms with Crippen molar-refractivity contribution in [3.05, 3.63) is 0 Å². The van der Waals surface area contributed by atoms with Gasteiger partial charge in [-0.3, -0.25) is 0 Å². The van der Waals surface area contributed by atoms with Gasteiger partial charge in [0.25, 0.3) is 0 Å². The zero-order valence-corrected chi connectivity index (χ0v) is 11.1. The molecule has 0 heteroatoms. The quantitative estimate of drug-likeness (QED) is 0.568. The second kappa shape index (κ2) is 3.54. The number of rotatable bonds is 1. The zero-order valence-electron chi connectivity index (χ0n) is 11.1. The summed E-state index contributed by atoms with van der Waals surface area (Å²) in [4.78, 5) is 0. The molecular weight excluding hydrogens is 168 g/mol. The van der Waals surface area contributed by atoms with Crippen LogP contribution < -0.4 is 0 Å². The Bertz CT molecular complexity index is 193. The van der Waals surface area contributed by atoms with Crippen LogP contribution in [0.15, 0.2) is 0 Å². The fourth-order valence-corrected chi connectivity index (χ4v) is 3.76. The molecule has 1 rings (SSSR count). The lowest BCUT2D eigenvalue weighted by Gasteiger charge is -2.40. The molecule has 2 atom stereocenters. The third-order valence-electron chi connectivity index (χ3n) is 4.27. The van der Waals surface area contributed by atoms with Gasteiger partial charge in [-0.1, -0.05) is 48.5 Å². The fraction of sp³-hybridized carbons (Fsp3) is 1.00. The van der Waals surface area contributed by atoms with Gasteiger partial charge in [0.1, 0.15) is 0 Å². The fourth-order valence-electron chi connectivity index (χ4n) is 3.76. The molecule has 0 radical (unpaired) electrons. The van der Waals surface area contributed by atoms with Crippen LogP contribution in [0.1, 0.15) is 61.3 Å². The van der Waals surface area contributed by atoms with Gasteiger partial charge in [0, 0.05) is 0 Å². The Morgan fingerprint density at radius 2 is 1.64 bits per heavy atom. The molecule has 0 nitrogen and oxygen atoms in total. The van der Waals surface area contributed by atoms with Gasteiger partial charge < -0.3 is 0 Å². The predicted octanol–water partition coefficient (Wildman–Crippen LogP) is 4.74. The van der Waals surface area contributed by atoms with E-state index in [9.17, 15) is 0 Å². The molecule has 0 aromatic rings. The maximum Gasteiger partial charge on any atom is -0.0306 e. The van der Waals surface area contributed by atoms with Crippen molar-refractivity contribution >= 4 is 0 Å². The first-order valence-corrected chi connectivity index (χ1v) is 6.16. The van der Waals surface area contributed by atoms with E-state index in [1.54, 1.807) is 0 Å².